The molecule has 0 radical (unpaired) electrons. The van der Waals surface area contributed by atoms with Crippen molar-refractivity contribution in [1.29, 1.82) is 0 Å². The molecule has 0 saturated heterocycles. The Hall–Kier alpha value is -3.73. The van der Waals surface area contributed by atoms with Gasteiger partial charge in [-0.25, -0.2) is 9.97 Å². The molecule has 4 rings (SSSR count). The van der Waals surface area contributed by atoms with Crippen molar-refractivity contribution in [1.82, 2.24) is 15.0 Å². The maximum atomic E-state index is 4.71. The predicted molar refractivity (Wildman–Crippen MR) is 113 cm³/mol. The molecule has 0 aliphatic rings. The fourth-order valence-electron chi connectivity index (χ4n) is 2.88. The Balaban J connectivity index is 1.64. The lowest BCUT2D eigenvalue weighted by molar-refractivity contribution is 1.07. The maximum absolute atomic E-state index is 4.71. The highest BCUT2D eigenvalue weighted by Crippen LogP contribution is 2.23. The summed E-state index contributed by atoms with van der Waals surface area (Å²) in [7, 11) is 0. The van der Waals surface area contributed by atoms with E-state index in [2.05, 4.69) is 34.7 Å². The van der Waals surface area contributed by atoms with Gasteiger partial charge < -0.3 is 10.6 Å². The van der Waals surface area contributed by atoms with Crippen molar-refractivity contribution in [3.8, 4) is 11.4 Å². The van der Waals surface area contributed by atoms with Gasteiger partial charge in [-0.05, 0) is 36.2 Å². The van der Waals surface area contributed by atoms with Crippen LogP contribution in [0.25, 0.3) is 11.4 Å². The quantitative estimate of drug-likeness (QED) is 0.490. The van der Waals surface area contributed by atoms with Crippen LogP contribution in [0.5, 0.6) is 0 Å². The Morgan fingerprint density at radius 3 is 2.46 bits per heavy atom. The normalized spacial score (nSPS) is 10.5. The molecule has 28 heavy (non-hydrogen) atoms. The zero-order chi connectivity index (χ0) is 19.2. The molecule has 138 valence electrons. The molecule has 4 aromatic rings. The van der Waals surface area contributed by atoms with Crippen molar-refractivity contribution >= 4 is 17.3 Å². The van der Waals surface area contributed by atoms with Crippen LogP contribution < -0.4 is 10.6 Å². The molecule has 0 saturated carbocycles. The first-order valence-corrected chi connectivity index (χ1v) is 9.17. The van der Waals surface area contributed by atoms with E-state index in [4.69, 9.17) is 9.97 Å². The van der Waals surface area contributed by atoms with Crippen LogP contribution in [0.3, 0.4) is 0 Å². The Labute approximate surface area is 164 Å². The molecule has 0 aliphatic carbocycles. The third kappa shape index (κ3) is 4.51. The highest BCUT2D eigenvalue weighted by molar-refractivity contribution is 5.65. The third-order valence-electron chi connectivity index (χ3n) is 4.25. The summed E-state index contributed by atoms with van der Waals surface area (Å²) >= 11 is 0. The molecule has 0 atom stereocenters. The fourth-order valence-corrected chi connectivity index (χ4v) is 2.88. The molecule has 2 aromatic heterocycles. The van der Waals surface area contributed by atoms with Crippen molar-refractivity contribution < 1.29 is 0 Å². The molecule has 2 N–H and O–H groups in total. The molecule has 0 amide bonds. The van der Waals surface area contributed by atoms with Gasteiger partial charge in [0.1, 0.15) is 11.6 Å². The minimum absolute atomic E-state index is 0.642. The minimum Gasteiger partial charge on any atom is -0.366 e. The summed E-state index contributed by atoms with van der Waals surface area (Å²) < 4.78 is 0. The van der Waals surface area contributed by atoms with E-state index in [0.717, 1.165) is 28.5 Å². The van der Waals surface area contributed by atoms with Gasteiger partial charge >= 0.3 is 0 Å². The van der Waals surface area contributed by atoms with Gasteiger partial charge in [0.05, 0.1) is 0 Å². The molecular formula is C23H21N5. The van der Waals surface area contributed by atoms with Crippen LogP contribution in [0.2, 0.25) is 0 Å². The summed E-state index contributed by atoms with van der Waals surface area (Å²) in [5, 5.41) is 6.77. The van der Waals surface area contributed by atoms with Crippen LogP contribution >= 0.6 is 0 Å². The van der Waals surface area contributed by atoms with Gasteiger partial charge in [0, 0.05) is 36.3 Å². The number of aryl methyl sites for hydroxylation is 1. The molecule has 5 heteroatoms. The molecule has 0 bridgehead atoms. The Kier molecular flexibility index (Phi) is 5.24. The minimum atomic E-state index is 0.642. The smallest absolute Gasteiger partial charge is 0.163 e. The predicted octanol–water partition coefficient (Wildman–Crippen LogP) is 5.20. The number of pyridine rings is 1. The number of aromatic nitrogens is 3. The second-order valence-corrected chi connectivity index (χ2v) is 6.54. The second-order valence-electron chi connectivity index (χ2n) is 6.54. The van der Waals surface area contributed by atoms with E-state index in [1.165, 1.54) is 5.56 Å². The van der Waals surface area contributed by atoms with E-state index < -0.39 is 0 Å². The van der Waals surface area contributed by atoms with Crippen molar-refractivity contribution in [2.45, 2.75) is 13.5 Å². The van der Waals surface area contributed by atoms with Gasteiger partial charge in [-0.2, -0.15) is 0 Å². The first kappa shape index (κ1) is 17.7. The van der Waals surface area contributed by atoms with Gasteiger partial charge in [0.2, 0.25) is 0 Å². The third-order valence-corrected chi connectivity index (χ3v) is 4.25. The van der Waals surface area contributed by atoms with Gasteiger partial charge in [0.15, 0.2) is 5.82 Å². The zero-order valence-electron chi connectivity index (χ0n) is 15.6. The Morgan fingerprint density at radius 1 is 0.821 bits per heavy atom. The SMILES string of the molecule is Cc1cccc(Nc2cc(NCc3cccnc3)nc(-c3ccccc3)n2)c1. The molecule has 2 heterocycles. The average Bonchev–Trinajstić information content (AvgIpc) is 2.74. The number of hydrogen-bond donors (Lipinski definition) is 2. The van der Waals surface area contributed by atoms with Crippen molar-refractivity contribution in [3.05, 3.63) is 96.3 Å². The van der Waals surface area contributed by atoms with Crippen molar-refractivity contribution in [2.24, 2.45) is 0 Å². The lowest BCUT2D eigenvalue weighted by Crippen LogP contribution is -2.05. The van der Waals surface area contributed by atoms with E-state index in [0.29, 0.717) is 12.4 Å². The monoisotopic (exact) mass is 367 g/mol. The van der Waals surface area contributed by atoms with E-state index >= 15 is 0 Å². The van der Waals surface area contributed by atoms with Crippen LogP contribution in [0.15, 0.2) is 85.2 Å². The number of nitrogens with zero attached hydrogens (tertiary/aromatic N) is 3. The highest BCUT2D eigenvalue weighted by Gasteiger charge is 2.08. The topological polar surface area (TPSA) is 62.7 Å². The first-order chi connectivity index (χ1) is 13.8. The molecule has 5 nitrogen and oxygen atoms in total. The van der Waals surface area contributed by atoms with Crippen LogP contribution in [0.4, 0.5) is 17.3 Å². The lowest BCUT2D eigenvalue weighted by Gasteiger charge is -2.12. The summed E-state index contributed by atoms with van der Waals surface area (Å²) in [6, 6.07) is 24.1. The average molecular weight is 367 g/mol. The Morgan fingerprint density at radius 2 is 1.68 bits per heavy atom. The second kappa shape index (κ2) is 8.31. The van der Waals surface area contributed by atoms with Crippen LogP contribution in [-0.4, -0.2) is 15.0 Å². The molecule has 0 spiro atoms. The van der Waals surface area contributed by atoms with Gasteiger partial charge in [-0.15, -0.1) is 0 Å². The van der Waals surface area contributed by atoms with Crippen LogP contribution in [0.1, 0.15) is 11.1 Å². The van der Waals surface area contributed by atoms with Crippen molar-refractivity contribution in [3.63, 3.8) is 0 Å². The van der Waals surface area contributed by atoms with Gasteiger partial charge in [0.25, 0.3) is 0 Å². The molecular weight excluding hydrogens is 346 g/mol. The van der Waals surface area contributed by atoms with E-state index in [1.54, 1.807) is 6.20 Å². The molecule has 0 fully saturated rings. The summed E-state index contributed by atoms with van der Waals surface area (Å²) in [6.45, 7) is 2.71. The van der Waals surface area contributed by atoms with Crippen LogP contribution in [0, 0.1) is 6.92 Å². The van der Waals surface area contributed by atoms with Crippen molar-refractivity contribution in [2.75, 3.05) is 10.6 Å². The van der Waals surface area contributed by atoms with E-state index in [-0.39, 0.29) is 0 Å². The number of rotatable bonds is 6. The molecule has 0 aliphatic heterocycles. The summed E-state index contributed by atoms with van der Waals surface area (Å²) in [4.78, 5) is 13.6. The highest BCUT2D eigenvalue weighted by atomic mass is 15.1. The van der Waals surface area contributed by atoms with E-state index in [1.807, 2.05) is 66.9 Å². The molecule has 2 aromatic carbocycles. The maximum Gasteiger partial charge on any atom is 0.163 e. The zero-order valence-corrected chi connectivity index (χ0v) is 15.6. The fraction of sp³-hybridized carbons (Fsp3) is 0.0870. The van der Waals surface area contributed by atoms with Gasteiger partial charge in [-0.1, -0.05) is 48.5 Å². The van der Waals surface area contributed by atoms with Crippen LogP contribution in [-0.2, 0) is 6.54 Å². The van der Waals surface area contributed by atoms with Gasteiger partial charge in [-0.3, -0.25) is 4.98 Å². The largest absolute Gasteiger partial charge is 0.366 e. The number of nitrogens with one attached hydrogen (secondary N) is 2. The summed E-state index contributed by atoms with van der Waals surface area (Å²) in [6.07, 6.45) is 3.61. The summed E-state index contributed by atoms with van der Waals surface area (Å²) in [5.41, 5.74) is 4.25. The number of anilines is 3. The summed E-state index contributed by atoms with van der Waals surface area (Å²) in [5.74, 6) is 2.17. The standard InChI is InChI=1S/C23H21N5/c1-17-7-5-11-20(13-17)26-22-14-21(25-16-18-8-6-12-24-15-18)27-23(28-22)19-9-3-2-4-10-19/h2-15H,16H2,1H3,(H2,25,26,27,28). The lowest BCUT2D eigenvalue weighted by atomic mass is 10.2. The Bertz CT molecular complexity index is 1050. The first-order valence-electron chi connectivity index (χ1n) is 9.17. The molecule has 0 unspecified atom stereocenters. The number of benzene rings is 2. The number of hydrogen-bond acceptors (Lipinski definition) is 5. The van der Waals surface area contributed by atoms with E-state index in [9.17, 15) is 0 Å².